The van der Waals surface area contributed by atoms with Gasteiger partial charge in [0.1, 0.15) is 5.69 Å². The van der Waals surface area contributed by atoms with Crippen LogP contribution in [0.3, 0.4) is 0 Å². The van der Waals surface area contributed by atoms with Crippen LogP contribution in [0.1, 0.15) is 29.4 Å². The number of aryl methyl sites for hydroxylation is 1. The fourth-order valence-corrected chi connectivity index (χ4v) is 3.38. The number of furan rings is 1. The molecule has 0 aromatic carbocycles. The molecule has 1 aliphatic rings. The first-order valence-corrected chi connectivity index (χ1v) is 8.85. The molecule has 26 heavy (non-hydrogen) atoms. The fourth-order valence-electron chi connectivity index (χ4n) is 3.38. The molecule has 0 radical (unpaired) electrons. The molecule has 1 aliphatic heterocycles. The van der Waals surface area contributed by atoms with Crippen molar-refractivity contribution in [3.05, 3.63) is 35.7 Å². The molecule has 136 valence electrons. The van der Waals surface area contributed by atoms with Gasteiger partial charge < -0.3 is 18.6 Å². The Morgan fingerprint density at radius 2 is 2.31 bits per heavy atom. The van der Waals surface area contributed by atoms with Gasteiger partial charge in [-0.05, 0) is 38.5 Å². The molecule has 1 amide bonds. The Bertz CT molecular complexity index is 910. The average molecular weight is 355 g/mol. The van der Waals surface area contributed by atoms with Crippen molar-refractivity contribution in [2.75, 3.05) is 26.3 Å². The second-order valence-corrected chi connectivity index (χ2v) is 6.55. The highest BCUT2D eigenvalue weighted by Gasteiger charge is 2.26. The minimum Gasteiger partial charge on any atom is -0.463 e. The van der Waals surface area contributed by atoms with Gasteiger partial charge in [0.15, 0.2) is 5.76 Å². The number of aromatic nitrogens is 2. The molecule has 0 spiro atoms. The molecular formula is C19H21N3O4. The smallest absolute Gasteiger partial charge is 0.259 e. The number of carbonyl (C=O) groups is 1. The summed E-state index contributed by atoms with van der Waals surface area (Å²) < 4.78 is 16.2. The highest BCUT2D eigenvalue weighted by atomic mass is 16.5. The minimum atomic E-state index is -0.0501. The zero-order valence-corrected chi connectivity index (χ0v) is 14.9. The van der Waals surface area contributed by atoms with Crippen molar-refractivity contribution in [1.29, 1.82) is 0 Å². The van der Waals surface area contributed by atoms with E-state index in [0.29, 0.717) is 59.4 Å². The Hall–Kier alpha value is -2.67. The maximum atomic E-state index is 13.3. The van der Waals surface area contributed by atoms with E-state index in [4.69, 9.17) is 13.7 Å². The van der Waals surface area contributed by atoms with Crippen molar-refractivity contribution < 1.29 is 18.5 Å². The number of ether oxygens (including phenoxy) is 1. The van der Waals surface area contributed by atoms with Crippen molar-refractivity contribution in [2.45, 2.75) is 20.3 Å². The number of rotatable bonds is 5. The Balaban J connectivity index is 1.75. The third-order valence-electron chi connectivity index (χ3n) is 4.79. The molecule has 1 fully saturated rings. The molecule has 4 heterocycles. The van der Waals surface area contributed by atoms with Crippen molar-refractivity contribution >= 4 is 17.0 Å². The Morgan fingerprint density at radius 1 is 1.42 bits per heavy atom. The van der Waals surface area contributed by atoms with Gasteiger partial charge >= 0.3 is 0 Å². The van der Waals surface area contributed by atoms with E-state index in [0.717, 1.165) is 13.0 Å². The van der Waals surface area contributed by atoms with E-state index in [9.17, 15) is 4.79 Å². The number of carbonyl (C=O) groups excluding carboxylic acids is 1. The molecule has 4 rings (SSSR count). The lowest BCUT2D eigenvalue weighted by atomic mass is 10.1. The predicted molar refractivity (Wildman–Crippen MR) is 94.7 cm³/mol. The van der Waals surface area contributed by atoms with Crippen LogP contribution >= 0.6 is 0 Å². The minimum absolute atomic E-state index is 0.0501. The Kier molecular flexibility index (Phi) is 4.46. The normalized spacial score (nSPS) is 17.1. The summed E-state index contributed by atoms with van der Waals surface area (Å²) >= 11 is 0. The van der Waals surface area contributed by atoms with Crippen LogP contribution in [0.15, 0.2) is 33.4 Å². The molecule has 1 saturated heterocycles. The van der Waals surface area contributed by atoms with Gasteiger partial charge in [0.25, 0.3) is 11.6 Å². The largest absolute Gasteiger partial charge is 0.463 e. The molecule has 3 aromatic rings. The highest BCUT2D eigenvalue weighted by Crippen LogP contribution is 2.28. The highest BCUT2D eigenvalue weighted by molar-refractivity contribution is 6.06. The quantitative estimate of drug-likeness (QED) is 0.698. The van der Waals surface area contributed by atoms with Crippen LogP contribution in [0.25, 0.3) is 22.6 Å². The first-order valence-electron chi connectivity index (χ1n) is 8.85. The molecule has 0 saturated carbocycles. The first kappa shape index (κ1) is 16.8. The van der Waals surface area contributed by atoms with E-state index < -0.39 is 0 Å². The molecular weight excluding hydrogens is 334 g/mol. The molecule has 1 unspecified atom stereocenters. The van der Waals surface area contributed by atoms with Crippen molar-refractivity contribution in [2.24, 2.45) is 5.92 Å². The van der Waals surface area contributed by atoms with Gasteiger partial charge in [-0.1, -0.05) is 5.16 Å². The molecule has 0 bridgehead atoms. The van der Waals surface area contributed by atoms with Crippen molar-refractivity contribution in [3.8, 4) is 11.5 Å². The van der Waals surface area contributed by atoms with Crippen LogP contribution in [0.2, 0.25) is 0 Å². The van der Waals surface area contributed by atoms with Gasteiger partial charge in [0, 0.05) is 25.6 Å². The van der Waals surface area contributed by atoms with Gasteiger partial charge in [-0.3, -0.25) is 4.79 Å². The summed E-state index contributed by atoms with van der Waals surface area (Å²) in [7, 11) is 0. The second kappa shape index (κ2) is 6.92. The maximum Gasteiger partial charge on any atom is 0.259 e. The summed E-state index contributed by atoms with van der Waals surface area (Å²) in [6.45, 7) is 6.58. The predicted octanol–water partition coefficient (Wildman–Crippen LogP) is 3.29. The van der Waals surface area contributed by atoms with Crippen LogP contribution in [-0.2, 0) is 4.74 Å². The van der Waals surface area contributed by atoms with Crippen LogP contribution in [0.5, 0.6) is 0 Å². The number of nitrogens with zero attached hydrogens (tertiary/aromatic N) is 3. The van der Waals surface area contributed by atoms with E-state index >= 15 is 0 Å². The van der Waals surface area contributed by atoms with Gasteiger partial charge in [0.05, 0.1) is 29.5 Å². The lowest BCUT2D eigenvalue weighted by Gasteiger charge is -2.24. The van der Waals surface area contributed by atoms with Gasteiger partial charge in [0.2, 0.25) is 0 Å². The van der Waals surface area contributed by atoms with Gasteiger partial charge in [-0.25, -0.2) is 4.98 Å². The zero-order chi connectivity index (χ0) is 18.1. The number of amides is 1. The molecule has 0 aliphatic carbocycles. The number of pyridine rings is 1. The van der Waals surface area contributed by atoms with Crippen molar-refractivity contribution in [1.82, 2.24) is 15.0 Å². The SMILES string of the molecule is CCN(CC1CCOC1)C(=O)c1cc(-c2ccco2)nc2onc(C)c12. The summed E-state index contributed by atoms with van der Waals surface area (Å²) in [5.74, 6) is 0.914. The number of hydrogen-bond acceptors (Lipinski definition) is 6. The third-order valence-corrected chi connectivity index (χ3v) is 4.79. The number of hydrogen-bond donors (Lipinski definition) is 0. The first-order chi connectivity index (χ1) is 12.7. The second-order valence-electron chi connectivity index (χ2n) is 6.55. The van der Waals surface area contributed by atoms with Crippen LogP contribution in [0.4, 0.5) is 0 Å². The summed E-state index contributed by atoms with van der Waals surface area (Å²) in [4.78, 5) is 19.6. The lowest BCUT2D eigenvalue weighted by molar-refractivity contribution is 0.0732. The van der Waals surface area contributed by atoms with E-state index in [-0.39, 0.29) is 5.91 Å². The van der Waals surface area contributed by atoms with E-state index in [1.54, 1.807) is 24.5 Å². The molecule has 7 nitrogen and oxygen atoms in total. The molecule has 1 atom stereocenters. The van der Waals surface area contributed by atoms with Crippen molar-refractivity contribution in [3.63, 3.8) is 0 Å². The van der Waals surface area contributed by atoms with Crippen LogP contribution in [0, 0.1) is 12.8 Å². The van der Waals surface area contributed by atoms with Gasteiger partial charge in [-0.15, -0.1) is 0 Å². The zero-order valence-electron chi connectivity index (χ0n) is 14.9. The summed E-state index contributed by atoms with van der Waals surface area (Å²) in [5.41, 5.74) is 2.10. The van der Waals surface area contributed by atoms with E-state index in [1.165, 1.54) is 0 Å². The van der Waals surface area contributed by atoms with Crippen LogP contribution < -0.4 is 0 Å². The summed E-state index contributed by atoms with van der Waals surface area (Å²) in [5, 5.41) is 4.65. The topological polar surface area (TPSA) is 81.6 Å². The van der Waals surface area contributed by atoms with Gasteiger partial charge in [-0.2, -0.15) is 0 Å². The fraction of sp³-hybridized carbons (Fsp3) is 0.421. The summed E-state index contributed by atoms with van der Waals surface area (Å²) in [6, 6.07) is 5.35. The monoisotopic (exact) mass is 355 g/mol. The van der Waals surface area contributed by atoms with Crippen LogP contribution in [-0.4, -0.2) is 47.3 Å². The Labute approximate surface area is 150 Å². The standard InChI is InChI=1S/C19H21N3O4/c1-3-22(10-13-6-8-24-11-13)19(23)14-9-15(16-5-4-7-25-16)20-18-17(14)12(2)21-26-18/h4-5,7,9,13H,3,6,8,10-11H2,1-2H3. The number of fused-ring (bicyclic) bond motifs is 1. The third kappa shape index (κ3) is 2.99. The Morgan fingerprint density at radius 3 is 3.00 bits per heavy atom. The molecule has 3 aromatic heterocycles. The summed E-state index contributed by atoms with van der Waals surface area (Å²) in [6.07, 6.45) is 2.56. The molecule has 0 N–H and O–H groups in total. The van der Waals surface area contributed by atoms with E-state index in [2.05, 4.69) is 10.1 Å². The molecule has 7 heteroatoms. The maximum absolute atomic E-state index is 13.3. The average Bonchev–Trinajstić information content (AvgIpc) is 3.41. The van der Waals surface area contributed by atoms with E-state index in [1.807, 2.05) is 18.7 Å². The lowest BCUT2D eigenvalue weighted by Crippen LogP contribution is -2.35.